The summed E-state index contributed by atoms with van der Waals surface area (Å²) < 4.78 is 0.227. The molecule has 1 N–H and O–H groups in total. The van der Waals surface area contributed by atoms with Crippen LogP contribution >= 0.6 is 23.4 Å². The molecule has 0 amide bonds. The van der Waals surface area contributed by atoms with E-state index in [0.29, 0.717) is 10.8 Å². The first-order chi connectivity index (χ1) is 9.56. The number of halogens is 1. The number of hydrogen-bond acceptors (Lipinski definition) is 5. The van der Waals surface area contributed by atoms with E-state index in [2.05, 4.69) is 16.6 Å². The number of pyridine rings is 1. The SMILES string of the molecule is CSC1(CNc2ncc([N+](=O)[O-])cc2Cl)CCCCC1. The molecule has 1 aromatic heterocycles. The maximum Gasteiger partial charge on any atom is 0.289 e. The third-order valence-electron chi connectivity index (χ3n) is 3.81. The van der Waals surface area contributed by atoms with E-state index < -0.39 is 4.92 Å². The van der Waals surface area contributed by atoms with Crippen molar-refractivity contribution in [1.29, 1.82) is 0 Å². The fraction of sp³-hybridized carbons (Fsp3) is 0.615. The second-order valence-corrected chi connectivity index (χ2v) is 6.76. The van der Waals surface area contributed by atoms with Crippen LogP contribution in [0, 0.1) is 10.1 Å². The Labute approximate surface area is 127 Å². The lowest BCUT2D eigenvalue weighted by molar-refractivity contribution is -0.385. The van der Waals surface area contributed by atoms with Crippen molar-refractivity contribution in [3.63, 3.8) is 0 Å². The van der Waals surface area contributed by atoms with Crippen LogP contribution in [-0.2, 0) is 0 Å². The molecule has 0 bridgehead atoms. The van der Waals surface area contributed by atoms with Crippen LogP contribution in [0.15, 0.2) is 12.3 Å². The summed E-state index contributed by atoms with van der Waals surface area (Å²) in [5, 5.41) is 14.2. The van der Waals surface area contributed by atoms with Gasteiger partial charge in [-0.1, -0.05) is 30.9 Å². The van der Waals surface area contributed by atoms with Gasteiger partial charge in [0.05, 0.1) is 9.95 Å². The highest BCUT2D eigenvalue weighted by Crippen LogP contribution is 2.39. The second kappa shape index (κ2) is 6.63. The lowest BCUT2D eigenvalue weighted by atomic mass is 9.88. The average molecular weight is 316 g/mol. The summed E-state index contributed by atoms with van der Waals surface area (Å²) in [4.78, 5) is 14.2. The third kappa shape index (κ3) is 3.55. The number of nitrogens with one attached hydrogen (secondary N) is 1. The van der Waals surface area contributed by atoms with E-state index in [1.54, 1.807) is 0 Å². The molecule has 2 rings (SSSR count). The van der Waals surface area contributed by atoms with Gasteiger partial charge in [-0.25, -0.2) is 4.98 Å². The fourth-order valence-electron chi connectivity index (χ4n) is 2.55. The van der Waals surface area contributed by atoms with Gasteiger partial charge < -0.3 is 5.32 Å². The fourth-order valence-corrected chi connectivity index (χ4v) is 3.69. The zero-order chi connectivity index (χ0) is 14.6. The van der Waals surface area contributed by atoms with Crippen LogP contribution < -0.4 is 5.32 Å². The average Bonchev–Trinajstić information content (AvgIpc) is 2.47. The predicted molar refractivity (Wildman–Crippen MR) is 83.7 cm³/mol. The van der Waals surface area contributed by atoms with Gasteiger partial charge >= 0.3 is 0 Å². The van der Waals surface area contributed by atoms with Gasteiger partial charge in [-0.3, -0.25) is 10.1 Å². The molecular formula is C13H18ClN3O2S. The van der Waals surface area contributed by atoms with Crippen molar-refractivity contribution in [2.24, 2.45) is 0 Å². The van der Waals surface area contributed by atoms with Crippen molar-refractivity contribution < 1.29 is 4.92 Å². The maximum absolute atomic E-state index is 10.7. The quantitative estimate of drug-likeness (QED) is 0.654. The molecule has 0 aliphatic heterocycles. The van der Waals surface area contributed by atoms with E-state index in [4.69, 9.17) is 11.6 Å². The number of anilines is 1. The number of thioether (sulfide) groups is 1. The van der Waals surface area contributed by atoms with Crippen LogP contribution in [0.5, 0.6) is 0 Å². The first-order valence-electron chi connectivity index (χ1n) is 6.65. The highest BCUT2D eigenvalue weighted by atomic mass is 35.5. The van der Waals surface area contributed by atoms with E-state index in [0.717, 1.165) is 6.54 Å². The smallest absolute Gasteiger partial charge is 0.289 e. The van der Waals surface area contributed by atoms with E-state index in [1.807, 2.05) is 11.8 Å². The summed E-state index contributed by atoms with van der Waals surface area (Å²) in [5.41, 5.74) is -0.0854. The predicted octanol–water partition coefficient (Wildman–Crippen LogP) is 4.12. The number of hydrogen-bond donors (Lipinski definition) is 1. The first-order valence-corrected chi connectivity index (χ1v) is 8.25. The number of aromatic nitrogens is 1. The monoisotopic (exact) mass is 315 g/mol. The highest BCUT2D eigenvalue weighted by Gasteiger charge is 2.31. The molecule has 0 saturated heterocycles. The van der Waals surface area contributed by atoms with Gasteiger partial charge in [-0.05, 0) is 19.1 Å². The van der Waals surface area contributed by atoms with Crippen molar-refractivity contribution in [3.8, 4) is 0 Å². The summed E-state index contributed by atoms with van der Waals surface area (Å²) >= 11 is 7.93. The molecule has 5 nitrogen and oxygen atoms in total. The van der Waals surface area contributed by atoms with Gasteiger partial charge in [0.25, 0.3) is 5.69 Å². The molecule has 110 valence electrons. The van der Waals surface area contributed by atoms with Crippen molar-refractivity contribution in [2.75, 3.05) is 18.1 Å². The van der Waals surface area contributed by atoms with Crippen LogP contribution in [0.3, 0.4) is 0 Å². The minimum absolute atomic E-state index is 0.0854. The molecule has 7 heteroatoms. The third-order valence-corrected chi connectivity index (χ3v) is 5.52. The lowest BCUT2D eigenvalue weighted by Gasteiger charge is -2.36. The van der Waals surface area contributed by atoms with Crippen molar-refractivity contribution in [1.82, 2.24) is 4.98 Å². The molecule has 0 aromatic carbocycles. The molecule has 0 unspecified atom stereocenters. The minimum Gasteiger partial charge on any atom is -0.367 e. The van der Waals surface area contributed by atoms with Crippen molar-refractivity contribution in [2.45, 2.75) is 36.9 Å². The van der Waals surface area contributed by atoms with Crippen molar-refractivity contribution >= 4 is 34.9 Å². The molecule has 1 saturated carbocycles. The van der Waals surface area contributed by atoms with Gasteiger partial charge in [-0.15, -0.1) is 0 Å². The number of nitro groups is 1. The molecule has 20 heavy (non-hydrogen) atoms. The zero-order valence-corrected chi connectivity index (χ0v) is 13.0. The van der Waals surface area contributed by atoms with E-state index in [9.17, 15) is 10.1 Å². The lowest BCUT2D eigenvalue weighted by Crippen LogP contribution is -2.35. The van der Waals surface area contributed by atoms with Gasteiger partial charge in [-0.2, -0.15) is 11.8 Å². The molecule has 1 heterocycles. The summed E-state index contributed by atoms with van der Waals surface area (Å²) in [6.45, 7) is 0.790. The molecule has 1 aliphatic rings. The van der Waals surface area contributed by atoms with Crippen LogP contribution in [0.4, 0.5) is 11.5 Å². The molecule has 0 radical (unpaired) electrons. The Morgan fingerprint density at radius 2 is 2.20 bits per heavy atom. The molecule has 1 fully saturated rings. The second-order valence-electron chi connectivity index (χ2n) is 5.08. The van der Waals surface area contributed by atoms with Gasteiger partial charge in [0.2, 0.25) is 0 Å². The Bertz CT molecular complexity index is 493. The highest BCUT2D eigenvalue weighted by molar-refractivity contribution is 8.00. The largest absolute Gasteiger partial charge is 0.367 e. The molecule has 1 aliphatic carbocycles. The Morgan fingerprint density at radius 1 is 1.50 bits per heavy atom. The first kappa shape index (κ1) is 15.4. The summed E-state index contributed by atoms with van der Waals surface area (Å²) in [6.07, 6.45) is 9.56. The summed E-state index contributed by atoms with van der Waals surface area (Å²) in [6, 6.07) is 1.34. The summed E-state index contributed by atoms with van der Waals surface area (Å²) in [7, 11) is 0. The van der Waals surface area contributed by atoms with Crippen molar-refractivity contribution in [3.05, 3.63) is 27.4 Å². The van der Waals surface area contributed by atoms with Gasteiger partial charge in [0, 0.05) is 17.4 Å². The molecule has 1 aromatic rings. The normalized spacial score (nSPS) is 17.7. The molecule has 0 atom stereocenters. The van der Waals surface area contributed by atoms with Crippen LogP contribution in [-0.4, -0.2) is 27.5 Å². The molecular weight excluding hydrogens is 298 g/mol. The van der Waals surface area contributed by atoms with E-state index in [-0.39, 0.29) is 10.4 Å². The van der Waals surface area contributed by atoms with Crippen LogP contribution in [0.25, 0.3) is 0 Å². The number of rotatable bonds is 5. The Balaban J connectivity index is 2.04. The van der Waals surface area contributed by atoms with Crippen LogP contribution in [0.1, 0.15) is 32.1 Å². The van der Waals surface area contributed by atoms with Crippen LogP contribution in [0.2, 0.25) is 5.02 Å². The maximum atomic E-state index is 10.7. The Hall–Kier alpha value is -1.01. The minimum atomic E-state index is -0.493. The Morgan fingerprint density at radius 3 is 2.75 bits per heavy atom. The van der Waals surface area contributed by atoms with E-state index in [1.165, 1.54) is 44.4 Å². The molecule has 0 spiro atoms. The van der Waals surface area contributed by atoms with E-state index >= 15 is 0 Å². The Kier molecular flexibility index (Phi) is 5.10. The van der Waals surface area contributed by atoms with Gasteiger partial charge in [0.1, 0.15) is 12.0 Å². The van der Waals surface area contributed by atoms with Gasteiger partial charge in [0.15, 0.2) is 0 Å². The number of nitrogens with zero attached hydrogens (tertiary/aromatic N) is 2. The topological polar surface area (TPSA) is 68.1 Å². The summed E-state index contributed by atoms with van der Waals surface area (Å²) in [5.74, 6) is 0.524. The zero-order valence-electron chi connectivity index (χ0n) is 11.4. The standard InChI is InChI=1S/C13H18ClN3O2S/c1-20-13(5-3-2-4-6-13)9-16-12-11(14)7-10(8-15-12)17(18)19/h7-8H,2-6,9H2,1H3,(H,15,16).